The van der Waals surface area contributed by atoms with E-state index < -0.39 is 0 Å². The average molecular weight is 294 g/mol. The largest absolute Gasteiger partial charge is 0.419 e. The summed E-state index contributed by atoms with van der Waals surface area (Å²) in [7, 11) is 0. The quantitative estimate of drug-likeness (QED) is 0.942. The molecule has 0 bridgehead atoms. The van der Waals surface area contributed by atoms with E-state index in [1.54, 1.807) is 0 Å². The smallest absolute Gasteiger partial charge is 0.248 e. The zero-order valence-electron chi connectivity index (χ0n) is 9.19. The van der Waals surface area contributed by atoms with Gasteiger partial charge in [-0.3, -0.25) is 0 Å². The molecule has 0 radical (unpaired) electrons. The van der Waals surface area contributed by atoms with Crippen LogP contribution in [0.4, 0.5) is 0 Å². The molecule has 1 heterocycles. The van der Waals surface area contributed by atoms with E-state index in [-0.39, 0.29) is 0 Å². The van der Waals surface area contributed by atoms with Crippen molar-refractivity contribution in [3.63, 3.8) is 0 Å². The Morgan fingerprint density at radius 3 is 2.88 bits per heavy atom. The van der Waals surface area contributed by atoms with Crippen molar-refractivity contribution in [2.24, 2.45) is 0 Å². The molecule has 5 heteroatoms. The number of nitrogens with one attached hydrogen (secondary N) is 1. The van der Waals surface area contributed by atoms with Gasteiger partial charge in [-0.2, -0.15) is 0 Å². The number of hydrogen-bond acceptors (Lipinski definition) is 4. The molecule has 0 saturated heterocycles. The van der Waals surface area contributed by atoms with Crippen LogP contribution in [-0.4, -0.2) is 16.2 Å². The number of nitrogens with zero attached hydrogens (tertiary/aromatic N) is 2. The Bertz CT molecular complexity index is 522. The Morgan fingerprint density at radius 1 is 1.29 bits per heavy atom. The maximum Gasteiger partial charge on any atom is 0.248 e. The van der Waals surface area contributed by atoms with Gasteiger partial charge in [0.1, 0.15) is 0 Å². The van der Waals surface area contributed by atoms with Crippen molar-refractivity contribution in [1.82, 2.24) is 15.5 Å². The third-order valence-corrected chi connectivity index (χ3v) is 3.38. The molecule has 0 spiro atoms. The Hall–Kier alpha value is -1.20. The molecule has 1 aliphatic carbocycles. The lowest BCUT2D eigenvalue weighted by atomic mass is 10.2. The average Bonchev–Trinajstić information content (AvgIpc) is 3.06. The van der Waals surface area contributed by atoms with E-state index in [1.807, 2.05) is 24.3 Å². The molecule has 0 aliphatic heterocycles. The second-order valence-electron chi connectivity index (χ2n) is 4.14. The Kier molecular flexibility index (Phi) is 2.94. The van der Waals surface area contributed by atoms with Gasteiger partial charge in [-0.05, 0) is 40.9 Å². The lowest BCUT2D eigenvalue weighted by molar-refractivity contribution is 0.476. The summed E-state index contributed by atoms with van der Waals surface area (Å²) >= 11 is 3.47. The Labute approximate surface area is 108 Å². The molecule has 88 valence electrons. The molecular formula is C12H12BrN3O. The number of hydrogen-bond donors (Lipinski definition) is 1. The Morgan fingerprint density at radius 2 is 2.12 bits per heavy atom. The summed E-state index contributed by atoms with van der Waals surface area (Å²) in [6.07, 6.45) is 2.51. The van der Waals surface area contributed by atoms with Crippen LogP contribution in [-0.2, 0) is 6.54 Å². The van der Waals surface area contributed by atoms with Crippen molar-refractivity contribution < 1.29 is 4.42 Å². The number of aromatic nitrogens is 2. The highest BCUT2D eigenvalue weighted by atomic mass is 79.9. The van der Waals surface area contributed by atoms with E-state index in [2.05, 4.69) is 31.4 Å². The fourth-order valence-corrected chi connectivity index (χ4v) is 2.04. The van der Waals surface area contributed by atoms with Crippen LogP contribution in [0, 0.1) is 0 Å². The fraction of sp³-hybridized carbons (Fsp3) is 0.333. The SMILES string of the molecule is Brc1ccccc1-c1nnc(CNC2CC2)o1. The molecule has 1 saturated carbocycles. The van der Waals surface area contributed by atoms with Gasteiger partial charge in [0.25, 0.3) is 0 Å². The summed E-state index contributed by atoms with van der Waals surface area (Å²) in [5.74, 6) is 1.20. The topological polar surface area (TPSA) is 51.0 Å². The molecule has 1 aromatic heterocycles. The number of rotatable bonds is 4. The highest BCUT2D eigenvalue weighted by Gasteiger charge is 2.21. The first kappa shape index (κ1) is 10.9. The first-order valence-electron chi connectivity index (χ1n) is 5.63. The van der Waals surface area contributed by atoms with Crippen molar-refractivity contribution in [1.29, 1.82) is 0 Å². The van der Waals surface area contributed by atoms with Gasteiger partial charge >= 0.3 is 0 Å². The second-order valence-corrected chi connectivity index (χ2v) is 4.99. The highest BCUT2D eigenvalue weighted by molar-refractivity contribution is 9.10. The fourth-order valence-electron chi connectivity index (χ4n) is 1.59. The molecule has 17 heavy (non-hydrogen) atoms. The van der Waals surface area contributed by atoms with E-state index in [4.69, 9.17) is 4.42 Å². The van der Waals surface area contributed by atoms with Gasteiger partial charge in [0.05, 0.1) is 12.1 Å². The van der Waals surface area contributed by atoms with Gasteiger partial charge in [-0.15, -0.1) is 10.2 Å². The van der Waals surface area contributed by atoms with E-state index in [0.29, 0.717) is 24.4 Å². The molecule has 1 aliphatic rings. The molecule has 0 amide bonds. The molecule has 0 atom stereocenters. The molecule has 1 N–H and O–H groups in total. The van der Waals surface area contributed by atoms with Crippen LogP contribution in [0.1, 0.15) is 18.7 Å². The molecule has 3 rings (SSSR count). The van der Waals surface area contributed by atoms with E-state index in [1.165, 1.54) is 12.8 Å². The van der Waals surface area contributed by atoms with Gasteiger partial charge in [-0.25, -0.2) is 0 Å². The van der Waals surface area contributed by atoms with Crippen molar-refractivity contribution in [3.8, 4) is 11.5 Å². The molecule has 4 nitrogen and oxygen atoms in total. The number of halogens is 1. The van der Waals surface area contributed by atoms with Gasteiger partial charge < -0.3 is 9.73 Å². The minimum Gasteiger partial charge on any atom is -0.419 e. The van der Waals surface area contributed by atoms with Crippen LogP contribution in [0.25, 0.3) is 11.5 Å². The van der Waals surface area contributed by atoms with Gasteiger partial charge in [0, 0.05) is 10.5 Å². The summed E-state index contributed by atoms with van der Waals surface area (Å²) in [6.45, 7) is 0.655. The van der Waals surface area contributed by atoms with E-state index >= 15 is 0 Å². The lowest BCUT2D eigenvalue weighted by Gasteiger charge is -1.98. The normalized spacial score (nSPS) is 15.1. The lowest BCUT2D eigenvalue weighted by Crippen LogP contribution is -2.15. The molecule has 2 aromatic rings. The maximum atomic E-state index is 5.61. The minimum absolute atomic E-state index is 0.560. The monoisotopic (exact) mass is 293 g/mol. The van der Waals surface area contributed by atoms with Crippen molar-refractivity contribution in [2.45, 2.75) is 25.4 Å². The van der Waals surface area contributed by atoms with Gasteiger partial charge in [-0.1, -0.05) is 12.1 Å². The molecular weight excluding hydrogens is 282 g/mol. The van der Waals surface area contributed by atoms with Crippen molar-refractivity contribution in [3.05, 3.63) is 34.6 Å². The van der Waals surface area contributed by atoms with Crippen molar-refractivity contribution >= 4 is 15.9 Å². The molecule has 1 fully saturated rings. The minimum atomic E-state index is 0.560. The van der Waals surface area contributed by atoms with E-state index in [0.717, 1.165) is 10.0 Å². The Balaban J connectivity index is 1.77. The van der Waals surface area contributed by atoms with Crippen molar-refractivity contribution in [2.75, 3.05) is 0 Å². The van der Waals surface area contributed by atoms with Crippen LogP contribution in [0.3, 0.4) is 0 Å². The van der Waals surface area contributed by atoms with Crippen LogP contribution in [0.5, 0.6) is 0 Å². The third-order valence-electron chi connectivity index (χ3n) is 2.69. The third kappa shape index (κ3) is 2.56. The van der Waals surface area contributed by atoms with Crippen LogP contribution in [0.15, 0.2) is 33.2 Å². The predicted molar refractivity (Wildman–Crippen MR) is 67.3 cm³/mol. The van der Waals surface area contributed by atoms with Crippen LogP contribution in [0.2, 0.25) is 0 Å². The highest BCUT2D eigenvalue weighted by Crippen LogP contribution is 2.26. The summed E-state index contributed by atoms with van der Waals surface area (Å²) in [5, 5.41) is 11.4. The van der Waals surface area contributed by atoms with Crippen LogP contribution >= 0.6 is 15.9 Å². The second kappa shape index (κ2) is 4.58. The first-order chi connectivity index (χ1) is 8.33. The zero-order chi connectivity index (χ0) is 11.7. The summed E-state index contributed by atoms with van der Waals surface area (Å²) in [6, 6.07) is 8.47. The van der Waals surface area contributed by atoms with Gasteiger partial charge in [0.15, 0.2) is 0 Å². The molecule has 0 unspecified atom stereocenters. The number of benzene rings is 1. The van der Waals surface area contributed by atoms with E-state index in [9.17, 15) is 0 Å². The zero-order valence-corrected chi connectivity index (χ0v) is 10.8. The predicted octanol–water partition coefficient (Wildman–Crippen LogP) is 2.75. The standard InChI is InChI=1S/C12H12BrN3O/c13-10-4-2-1-3-9(10)12-16-15-11(17-12)7-14-8-5-6-8/h1-4,8,14H,5-7H2. The first-order valence-corrected chi connectivity index (χ1v) is 6.43. The maximum absolute atomic E-state index is 5.61. The summed E-state index contributed by atoms with van der Waals surface area (Å²) in [5.41, 5.74) is 0.928. The summed E-state index contributed by atoms with van der Waals surface area (Å²) < 4.78 is 6.58. The van der Waals surface area contributed by atoms with Crippen LogP contribution < -0.4 is 5.32 Å². The van der Waals surface area contributed by atoms with Gasteiger partial charge in [0.2, 0.25) is 11.8 Å². The molecule has 1 aromatic carbocycles. The summed E-state index contributed by atoms with van der Waals surface area (Å²) in [4.78, 5) is 0.